The van der Waals surface area contributed by atoms with Gasteiger partial charge in [0.05, 0.1) is 24.5 Å². The van der Waals surface area contributed by atoms with Crippen LogP contribution in [0.1, 0.15) is 50.7 Å². The fourth-order valence-corrected chi connectivity index (χ4v) is 5.03. The Morgan fingerprint density at radius 3 is 2.38 bits per heavy atom. The molecular formula is C19H29NO5S. The molecule has 1 aliphatic rings. The van der Waals surface area contributed by atoms with Gasteiger partial charge in [0, 0.05) is 13.1 Å². The van der Waals surface area contributed by atoms with E-state index in [0.29, 0.717) is 48.7 Å². The molecule has 0 atom stereocenters. The van der Waals surface area contributed by atoms with E-state index in [9.17, 15) is 13.2 Å². The van der Waals surface area contributed by atoms with Crippen LogP contribution in [0.4, 0.5) is 0 Å². The standard InChI is InChI=1S/C19H29NO5S/c1-6-25-19(21)15-7-9-20(10-8-15)26(22,23)18-12-16(13(2)3)17(24-5)11-14(18)4/h11-13,15H,6-10H2,1-5H3. The minimum atomic E-state index is -3.61. The highest BCUT2D eigenvalue weighted by Gasteiger charge is 2.34. The Balaban J connectivity index is 2.26. The number of sulfonamides is 1. The van der Waals surface area contributed by atoms with Crippen LogP contribution in [0.5, 0.6) is 5.75 Å². The van der Waals surface area contributed by atoms with Crippen molar-refractivity contribution in [1.29, 1.82) is 0 Å². The molecule has 1 heterocycles. The minimum Gasteiger partial charge on any atom is -0.496 e. The number of aryl methyl sites for hydroxylation is 1. The van der Waals surface area contributed by atoms with Gasteiger partial charge in [0.25, 0.3) is 0 Å². The molecule has 146 valence electrons. The van der Waals surface area contributed by atoms with E-state index in [1.54, 1.807) is 33.1 Å². The van der Waals surface area contributed by atoms with E-state index in [2.05, 4.69) is 0 Å². The van der Waals surface area contributed by atoms with Crippen molar-refractivity contribution in [3.63, 3.8) is 0 Å². The predicted octanol–water partition coefficient (Wildman–Crippen LogP) is 3.09. The van der Waals surface area contributed by atoms with E-state index in [-0.39, 0.29) is 17.8 Å². The molecule has 1 fully saturated rings. The van der Waals surface area contributed by atoms with Crippen molar-refractivity contribution in [3.8, 4) is 5.75 Å². The quantitative estimate of drug-likeness (QED) is 0.706. The molecule has 0 aromatic heterocycles. The van der Waals surface area contributed by atoms with E-state index < -0.39 is 10.0 Å². The number of hydrogen-bond donors (Lipinski definition) is 0. The summed E-state index contributed by atoms with van der Waals surface area (Å²) < 4.78 is 38.2. The van der Waals surface area contributed by atoms with Gasteiger partial charge in [0.2, 0.25) is 10.0 Å². The number of ether oxygens (including phenoxy) is 2. The predicted molar refractivity (Wildman–Crippen MR) is 99.9 cm³/mol. The molecule has 0 saturated carbocycles. The molecule has 6 nitrogen and oxygen atoms in total. The third-order valence-electron chi connectivity index (χ3n) is 4.84. The zero-order valence-electron chi connectivity index (χ0n) is 16.2. The van der Waals surface area contributed by atoms with E-state index in [1.807, 2.05) is 13.8 Å². The van der Waals surface area contributed by atoms with Crippen LogP contribution in [-0.4, -0.2) is 45.5 Å². The maximum absolute atomic E-state index is 13.2. The van der Waals surface area contributed by atoms with Crippen molar-refractivity contribution >= 4 is 16.0 Å². The van der Waals surface area contributed by atoms with Crippen LogP contribution >= 0.6 is 0 Å². The molecule has 1 aromatic carbocycles. The normalized spacial score (nSPS) is 16.7. The Morgan fingerprint density at radius 1 is 1.27 bits per heavy atom. The van der Waals surface area contributed by atoms with Gasteiger partial charge >= 0.3 is 5.97 Å². The number of esters is 1. The van der Waals surface area contributed by atoms with Crippen molar-refractivity contribution in [2.24, 2.45) is 5.92 Å². The molecule has 1 aromatic rings. The van der Waals surface area contributed by atoms with Crippen molar-refractivity contribution in [1.82, 2.24) is 4.31 Å². The summed E-state index contributed by atoms with van der Waals surface area (Å²) in [4.78, 5) is 12.2. The average molecular weight is 384 g/mol. The highest BCUT2D eigenvalue weighted by Crippen LogP contribution is 2.34. The molecule has 0 spiro atoms. The molecule has 0 radical (unpaired) electrons. The van der Waals surface area contributed by atoms with Crippen molar-refractivity contribution in [3.05, 3.63) is 23.3 Å². The first kappa shape index (κ1) is 20.7. The number of rotatable bonds is 6. The zero-order valence-corrected chi connectivity index (χ0v) is 17.1. The van der Waals surface area contributed by atoms with Crippen LogP contribution in [0, 0.1) is 12.8 Å². The van der Waals surface area contributed by atoms with Crippen LogP contribution in [0.15, 0.2) is 17.0 Å². The van der Waals surface area contributed by atoms with Gasteiger partial charge in [-0.3, -0.25) is 4.79 Å². The fourth-order valence-electron chi connectivity index (χ4n) is 3.31. The Hall–Kier alpha value is -1.60. The molecule has 1 aliphatic heterocycles. The van der Waals surface area contributed by atoms with E-state index in [1.165, 1.54) is 4.31 Å². The van der Waals surface area contributed by atoms with Gasteiger partial charge in [-0.05, 0) is 55.9 Å². The van der Waals surface area contributed by atoms with Gasteiger partial charge in [0.1, 0.15) is 5.75 Å². The average Bonchev–Trinajstić information content (AvgIpc) is 2.61. The summed E-state index contributed by atoms with van der Waals surface area (Å²) in [6, 6.07) is 3.51. The Labute approximate surface area is 156 Å². The van der Waals surface area contributed by atoms with Crippen molar-refractivity contribution < 1.29 is 22.7 Å². The first-order valence-electron chi connectivity index (χ1n) is 9.07. The fraction of sp³-hybridized carbons (Fsp3) is 0.632. The van der Waals surface area contributed by atoms with Gasteiger partial charge in [-0.2, -0.15) is 4.31 Å². The molecule has 1 saturated heterocycles. The zero-order chi connectivity index (χ0) is 19.5. The van der Waals surface area contributed by atoms with Gasteiger partial charge in [-0.1, -0.05) is 13.8 Å². The first-order valence-corrected chi connectivity index (χ1v) is 10.5. The van der Waals surface area contributed by atoms with Crippen LogP contribution in [0.25, 0.3) is 0 Å². The maximum atomic E-state index is 13.2. The van der Waals surface area contributed by atoms with Gasteiger partial charge in [-0.15, -0.1) is 0 Å². The monoisotopic (exact) mass is 383 g/mol. The molecule has 0 N–H and O–H groups in total. The van der Waals surface area contributed by atoms with Crippen molar-refractivity contribution in [2.45, 2.75) is 51.3 Å². The number of piperidine rings is 1. The third kappa shape index (κ3) is 4.20. The highest BCUT2D eigenvalue weighted by atomic mass is 32.2. The van der Waals surface area contributed by atoms with Crippen LogP contribution in [-0.2, 0) is 19.6 Å². The molecular weight excluding hydrogens is 354 g/mol. The number of hydrogen-bond acceptors (Lipinski definition) is 5. The van der Waals surface area contributed by atoms with Crippen LogP contribution in [0.3, 0.4) is 0 Å². The summed E-state index contributed by atoms with van der Waals surface area (Å²) in [6.45, 7) is 8.58. The molecule has 0 unspecified atom stereocenters. The number of methoxy groups -OCH3 is 1. The largest absolute Gasteiger partial charge is 0.496 e. The minimum absolute atomic E-state index is 0.147. The maximum Gasteiger partial charge on any atom is 0.309 e. The lowest BCUT2D eigenvalue weighted by Gasteiger charge is -2.30. The third-order valence-corrected chi connectivity index (χ3v) is 6.88. The second-order valence-electron chi connectivity index (χ2n) is 6.94. The van der Waals surface area contributed by atoms with E-state index >= 15 is 0 Å². The van der Waals surface area contributed by atoms with E-state index in [0.717, 1.165) is 5.56 Å². The molecule has 7 heteroatoms. The smallest absolute Gasteiger partial charge is 0.309 e. The highest BCUT2D eigenvalue weighted by molar-refractivity contribution is 7.89. The van der Waals surface area contributed by atoms with Crippen LogP contribution in [0.2, 0.25) is 0 Å². The lowest BCUT2D eigenvalue weighted by Crippen LogP contribution is -2.40. The Morgan fingerprint density at radius 2 is 1.88 bits per heavy atom. The summed E-state index contributed by atoms with van der Waals surface area (Å²) >= 11 is 0. The summed E-state index contributed by atoms with van der Waals surface area (Å²) in [5.41, 5.74) is 1.54. The molecule has 0 aliphatic carbocycles. The molecule has 26 heavy (non-hydrogen) atoms. The lowest BCUT2D eigenvalue weighted by atomic mass is 9.98. The molecule has 0 amide bonds. The van der Waals surface area contributed by atoms with Crippen LogP contribution < -0.4 is 4.74 Å². The second kappa shape index (κ2) is 8.39. The number of carbonyl (C=O) groups excluding carboxylic acids is 1. The second-order valence-corrected chi connectivity index (χ2v) is 8.85. The number of carbonyl (C=O) groups is 1. The lowest BCUT2D eigenvalue weighted by molar-refractivity contribution is -0.149. The Bertz CT molecular complexity index is 749. The Kier molecular flexibility index (Phi) is 6.69. The molecule has 2 rings (SSSR count). The number of nitrogens with zero attached hydrogens (tertiary/aromatic N) is 1. The van der Waals surface area contributed by atoms with Gasteiger partial charge in [0.15, 0.2) is 0 Å². The topological polar surface area (TPSA) is 72.9 Å². The summed E-state index contributed by atoms with van der Waals surface area (Å²) in [5, 5.41) is 0. The summed E-state index contributed by atoms with van der Waals surface area (Å²) in [5.74, 6) is 0.406. The van der Waals surface area contributed by atoms with Gasteiger partial charge in [-0.25, -0.2) is 8.42 Å². The van der Waals surface area contributed by atoms with Gasteiger partial charge < -0.3 is 9.47 Å². The first-order chi connectivity index (χ1) is 12.2. The van der Waals surface area contributed by atoms with Crippen molar-refractivity contribution in [2.75, 3.05) is 26.8 Å². The number of benzene rings is 1. The van der Waals surface area contributed by atoms with E-state index in [4.69, 9.17) is 9.47 Å². The summed E-state index contributed by atoms with van der Waals surface area (Å²) in [6.07, 6.45) is 0.981. The molecule has 0 bridgehead atoms. The summed E-state index contributed by atoms with van der Waals surface area (Å²) in [7, 11) is -2.02. The SMILES string of the molecule is CCOC(=O)C1CCN(S(=O)(=O)c2cc(C(C)C)c(OC)cc2C)CC1.